The normalized spacial score (nSPS) is 22.6. The molecule has 0 spiro atoms. The van der Waals surface area contributed by atoms with Crippen molar-refractivity contribution in [1.29, 1.82) is 0 Å². The van der Waals surface area contributed by atoms with Gasteiger partial charge in [-0.05, 0) is 37.5 Å². The van der Waals surface area contributed by atoms with E-state index in [0.29, 0.717) is 23.5 Å². The highest BCUT2D eigenvalue weighted by Gasteiger charge is 2.38. The van der Waals surface area contributed by atoms with E-state index in [2.05, 4.69) is 10.2 Å². The largest absolute Gasteiger partial charge is 0.507 e. The van der Waals surface area contributed by atoms with Crippen LogP contribution in [0.3, 0.4) is 0 Å². The van der Waals surface area contributed by atoms with Gasteiger partial charge in [-0.2, -0.15) is 0 Å². The van der Waals surface area contributed by atoms with Crippen LogP contribution in [0.15, 0.2) is 12.1 Å². The number of aromatic nitrogens is 2. The van der Waals surface area contributed by atoms with Gasteiger partial charge in [-0.15, -0.1) is 10.2 Å². The summed E-state index contributed by atoms with van der Waals surface area (Å²) in [6, 6.07) is 2.89. The number of rotatable bonds is 1. The molecule has 1 aromatic heterocycles. The van der Waals surface area contributed by atoms with Gasteiger partial charge in [0.05, 0.1) is 17.8 Å². The lowest BCUT2D eigenvalue weighted by Gasteiger charge is -2.26. The molecule has 22 heavy (non-hydrogen) atoms. The van der Waals surface area contributed by atoms with E-state index in [1.165, 1.54) is 12.1 Å². The number of fused-ring (bicyclic) bond motifs is 4. The number of benzene rings is 1. The maximum absolute atomic E-state index is 14.4. The van der Waals surface area contributed by atoms with E-state index in [9.17, 15) is 9.50 Å². The first kappa shape index (κ1) is 13.5. The van der Waals surface area contributed by atoms with Gasteiger partial charge >= 0.3 is 0 Å². The second kappa shape index (κ2) is 4.64. The number of ether oxygens (including phenoxy) is 1. The molecule has 1 aromatic carbocycles. The molecule has 2 unspecified atom stereocenters. The van der Waals surface area contributed by atoms with Crippen molar-refractivity contribution in [3.05, 3.63) is 34.6 Å². The Bertz CT molecular complexity index is 755. The zero-order valence-electron chi connectivity index (χ0n) is 12.1. The van der Waals surface area contributed by atoms with Crippen LogP contribution in [0.2, 0.25) is 0 Å². The Hall–Kier alpha value is -2.21. The number of hydrogen-bond acceptors (Lipinski definition) is 5. The van der Waals surface area contributed by atoms with Crippen molar-refractivity contribution in [3.63, 3.8) is 0 Å². The van der Waals surface area contributed by atoms with Gasteiger partial charge in [-0.1, -0.05) is 0 Å². The number of nitrogens with zero attached hydrogens (tertiary/aromatic N) is 2. The van der Waals surface area contributed by atoms with E-state index in [1.807, 2.05) is 0 Å². The lowest BCUT2D eigenvalue weighted by molar-refractivity contribution is 0.0325. The monoisotopic (exact) mass is 301 g/mol. The molecule has 5 nitrogen and oxygen atoms in total. The summed E-state index contributed by atoms with van der Waals surface area (Å²) in [6.45, 7) is 1.72. The van der Waals surface area contributed by atoms with Gasteiger partial charge in [-0.25, -0.2) is 4.39 Å². The molecule has 0 aliphatic carbocycles. The van der Waals surface area contributed by atoms with E-state index in [-0.39, 0.29) is 23.5 Å². The first-order valence-electron chi connectivity index (χ1n) is 7.34. The van der Waals surface area contributed by atoms with Gasteiger partial charge in [0.25, 0.3) is 0 Å². The standard InChI is InChI=1S/C16H16FN3O2/c1-7-4-10(17)14(11(21)5-7)15-13-9(16(18)20-19-15)6-8-2-3-12(13)22-8/h4-5,8,12,21H,2-3,6H2,1H3,(H2,18,20). The molecule has 0 amide bonds. The molecular formula is C16H16FN3O2. The molecule has 1 saturated heterocycles. The van der Waals surface area contributed by atoms with Crippen LogP contribution < -0.4 is 5.73 Å². The molecule has 2 bridgehead atoms. The molecule has 1 fully saturated rings. The van der Waals surface area contributed by atoms with E-state index >= 15 is 0 Å². The maximum Gasteiger partial charge on any atom is 0.149 e. The van der Waals surface area contributed by atoms with Gasteiger partial charge in [0.1, 0.15) is 23.1 Å². The summed E-state index contributed by atoms with van der Waals surface area (Å²) in [6.07, 6.45) is 2.45. The van der Waals surface area contributed by atoms with E-state index in [1.54, 1.807) is 6.92 Å². The van der Waals surface area contributed by atoms with Crippen LogP contribution in [-0.2, 0) is 11.2 Å². The summed E-state index contributed by atoms with van der Waals surface area (Å²) in [7, 11) is 0. The molecule has 2 aliphatic heterocycles. The zero-order valence-corrected chi connectivity index (χ0v) is 12.1. The van der Waals surface area contributed by atoms with Crippen molar-refractivity contribution < 1.29 is 14.2 Å². The van der Waals surface area contributed by atoms with Gasteiger partial charge in [0.2, 0.25) is 0 Å². The Balaban J connectivity index is 1.99. The minimum absolute atomic E-state index is 0.0725. The SMILES string of the molecule is Cc1cc(O)c(-c2nnc(N)c3c2C2CCC(C3)O2)c(F)c1. The van der Waals surface area contributed by atoms with Crippen molar-refractivity contribution in [2.45, 2.75) is 38.4 Å². The predicted molar refractivity (Wildman–Crippen MR) is 78.8 cm³/mol. The predicted octanol–water partition coefficient (Wildman–Crippen LogP) is 2.66. The molecule has 0 saturated carbocycles. The topological polar surface area (TPSA) is 81.3 Å². The molecule has 2 aliphatic rings. The number of aryl methyl sites for hydroxylation is 1. The highest BCUT2D eigenvalue weighted by molar-refractivity contribution is 5.73. The summed E-state index contributed by atoms with van der Waals surface area (Å²) in [5, 5.41) is 18.2. The van der Waals surface area contributed by atoms with Crippen LogP contribution in [0, 0.1) is 12.7 Å². The third-order valence-electron chi connectivity index (χ3n) is 4.46. The smallest absolute Gasteiger partial charge is 0.149 e. The van der Waals surface area contributed by atoms with Crippen LogP contribution in [0.5, 0.6) is 5.75 Å². The highest BCUT2D eigenvalue weighted by Crippen LogP contribution is 2.47. The first-order valence-corrected chi connectivity index (χ1v) is 7.34. The van der Waals surface area contributed by atoms with Crippen molar-refractivity contribution in [2.75, 3.05) is 5.73 Å². The molecule has 6 heteroatoms. The number of halogens is 1. The number of nitrogen functional groups attached to an aromatic ring is 1. The fourth-order valence-corrected chi connectivity index (χ4v) is 3.50. The van der Waals surface area contributed by atoms with Gasteiger partial charge < -0.3 is 15.6 Å². The number of anilines is 1. The second-order valence-electron chi connectivity index (χ2n) is 6.00. The maximum atomic E-state index is 14.4. The van der Waals surface area contributed by atoms with Gasteiger partial charge in [-0.3, -0.25) is 0 Å². The summed E-state index contributed by atoms with van der Waals surface area (Å²) in [5.74, 6) is -0.288. The Morgan fingerprint density at radius 3 is 2.91 bits per heavy atom. The van der Waals surface area contributed by atoms with Crippen LogP contribution in [0.1, 0.15) is 35.6 Å². The summed E-state index contributed by atoms with van der Waals surface area (Å²) in [4.78, 5) is 0. The fraction of sp³-hybridized carbons (Fsp3) is 0.375. The van der Waals surface area contributed by atoms with Gasteiger partial charge in [0.15, 0.2) is 0 Å². The first-order chi connectivity index (χ1) is 10.5. The van der Waals surface area contributed by atoms with E-state index < -0.39 is 5.82 Å². The van der Waals surface area contributed by atoms with Crippen LogP contribution in [-0.4, -0.2) is 21.4 Å². The Morgan fingerprint density at radius 1 is 1.32 bits per heavy atom. The van der Waals surface area contributed by atoms with Crippen molar-refractivity contribution >= 4 is 5.82 Å². The zero-order chi connectivity index (χ0) is 15.4. The Kier molecular flexibility index (Phi) is 2.84. The van der Waals surface area contributed by atoms with E-state index in [4.69, 9.17) is 10.5 Å². The molecule has 114 valence electrons. The molecule has 3 heterocycles. The summed E-state index contributed by atoms with van der Waals surface area (Å²) >= 11 is 0. The van der Waals surface area contributed by atoms with Crippen LogP contribution >= 0.6 is 0 Å². The third-order valence-corrected chi connectivity index (χ3v) is 4.46. The lowest BCUT2D eigenvalue weighted by Crippen LogP contribution is -2.21. The highest BCUT2D eigenvalue weighted by atomic mass is 19.1. The molecule has 4 rings (SSSR count). The van der Waals surface area contributed by atoms with Crippen molar-refractivity contribution in [2.24, 2.45) is 0 Å². The van der Waals surface area contributed by atoms with Crippen molar-refractivity contribution in [1.82, 2.24) is 10.2 Å². The average Bonchev–Trinajstić information content (AvgIpc) is 2.82. The fourth-order valence-electron chi connectivity index (χ4n) is 3.50. The molecule has 2 atom stereocenters. The number of phenols is 1. The number of hydrogen-bond donors (Lipinski definition) is 2. The number of phenolic OH excluding ortho intramolecular Hbond substituents is 1. The van der Waals surface area contributed by atoms with Crippen LogP contribution in [0.4, 0.5) is 10.2 Å². The van der Waals surface area contributed by atoms with E-state index in [0.717, 1.165) is 24.0 Å². The second-order valence-corrected chi connectivity index (χ2v) is 6.00. The minimum Gasteiger partial charge on any atom is -0.507 e. The molecule has 2 aromatic rings. The van der Waals surface area contributed by atoms with Crippen LogP contribution in [0.25, 0.3) is 11.3 Å². The Morgan fingerprint density at radius 2 is 2.14 bits per heavy atom. The summed E-state index contributed by atoms with van der Waals surface area (Å²) < 4.78 is 20.3. The van der Waals surface area contributed by atoms with Crippen molar-refractivity contribution in [3.8, 4) is 17.0 Å². The minimum atomic E-state index is -0.515. The quantitative estimate of drug-likeness (QED) is 0.846. The molecule has 3 N–H and O–H groups in total. The number of nitrogens with two attached hydrogens (primary N) is 1. The molecular weight excluding hydrogens is 285 g/mol. The number of aromatic hydroxyl groups is 1. The molecule has 0 radical (unpaired) electrons. The average molecular weight is 301 g/mol. The summed E-state index contributed by atoms with van der Waals surface area (Å²) in [5.41, 5.74) is 8.67. The van der Waals surface area contributed by atoms with Gasteiger partial charge in [0, 0.05) is 17.5 Å². The third kappa shape index (κ3) is 1.87. The Labute approximate surface area is 126 Å². The lowest BCUT2D eigenvalue weighted by atomic mass is 9.93.